The molecule has 0 saturated carbocycles. The Morgan fingerprint density at radius 3 is 1.88 bits per heavy atom. The molecule has 0 fully saturated rings. The van der Waals surface area contributed by atoms with Crippen molar-refractivity contribution in [3.05, 3.63) is 22.6 Å². The van der Waals surface area contributed by atoms with Crippen molar-refractivity contribution in [2.75, 3.05) is 6.61 Å². The van der Waals surface area contributed by atoms with Crippen molar-refractivity contribution < 1.29 is 53.0 Å². The summed E-state index contributed by atoms with van der Waals surface area (Å²) in [5, 5.41) is 12.7. The Morgan fingerprint density at radius 2 is 1.62 bits per heavy atom. The summed E-state index contributed by atoms with van der Waals surface area (Å²) in [5.74, 6) is 0. The third kappa shape index (κ3) is 6.54. The van der Waals surface area contributed by atoms with E-state index in [4.69, 9.17) is 5.11 Å². The highest BCUT2D eigenvalue weighted by Gasteiger charge is 2.46. The fraction of sp³-hybridized carbons (Fsp3) is 0.556. The van der Waals surface area contributed by atoms with Crippen LogP contribution in [0.15, 0.2) is 12.8 Å². The number of rotatable bonds is 5. The lowest BCUT2D eigenvalue weighted by molar-refractivity contribution is -0.756. The second kappa shape index (κ2) is 8.31. The molecule has 0 aliphatic heterocycles. The highest BCUT2D eigenvalue weighted by Crippen LogP contribution is 2.36. The van der Waals surface area contributed by atoms with Crippen LogP contribution in [0.1, 0.15) is 5.69 Å². The molecule has 0 aliphatic carbocycles. The molecule has 1 N–H and O–H groups in total. The predicted molar refractivity (Wildman–Crippen MR) is 73.9 cm³/mol. The van der Waals surface area contributed by atoms with Crippen molar-refractivity contribution in [3.8, 4) is 0 Å². The molecule has 0 aromatic carbocycles. The summed E-state index contributed by atoms with van der Waals surface area (Å²) in [6, 6.07) is 0. The maximum atomic E-state index is 11.4. The minimum absolute atomic E-state index is 0.109. The largest absolute Gasteiger partial charge is 0.480 e. The summed E-state index contributed by atoms with van der Waals surface area (Å²) in [6.07, 6.45) is 3.56. The number of hydrogen-bond donors (Lipinski definition) is 1. The first-order valence-corrected chi connectivity index (χ1v) is 8.90. The maximum Gasteiger partial charge on any atom is 0.480 e. The van der Waals surface area contributed by atoms with Crippen LogP contribution >= 0.6 is 0 Å². The van der Waals surface area contributed by atoms with Gasteiger partial charge in [-0.1, -0.05) is 6.58 Å². The first-order chi connectivity index (χ1) is 11.5. The van der Waals surface area contributed by atoms with Gasteiger partial charge in [-0.2, -0.15) is 26.3 Å². The summed E-state index contributed by atoms with van der Waals surface area (Å²) in [6.45, 7) is 4.27. The molecule has 1 heterocycles. The van der Waals surface area contributed by atoms with E-state index in [0.29, 0.717) is 6.54 Å². The quantitative estimate of drug-likeness (QED) is 0.529. The topological polar surface area (TPSA) is 124 Å². The summed E-state index contributed by atoms with van der Waals surface area (Å²) in [7, 11) is -11.6. The molecule has 1 aromatic rings. The van der Waals surface area contributed by atoms with Crippen molar-refractivity contribution in [2.45, 2.75) is 17.6 Å². The Morgan fingerprint density at radius 1 is 1.19 bits per heavy atom. The van der Waals surface area contributed by atoms with Crippen molar-refractivity contribution in [1.82, 2.24) is 9.90 Å². The highest BCUT2D eigenvalue weighted by molar-refractivity contribution is 8.13. The average Bonchev–Trinajstić information content (AvgIpc) is 2.76. The number of halogens is 6. The van der Waals surface area contributed by atoms with E-state index in [1.807, 2.05) is 13.2 Å². The average molecular weight is 434 g/mol. The lowest BCUT2D eigenvalue weighted by atomic mass is 10.5. The Kier molecular flexibility index (Phi) is 7.76. The van der Waals surface area contributed by atoms with Crippen LogP contribution in [-0.4, -0.2) is 49.5 Å². The smallest absolute Gasteiger partial charge is 0.421 e. The monoisotopic (exact) mass is 434 g/mol. The van der Waals surface area contributed by atoms with Gasteiger partial charge in [0.05, 0.1) is 11.8 Å². The molecule has 0 saturated heterocycles. The molecule has 0 bridgehead atoms. The van der Waals surface area contributed by atoms with Gasteiger partial charge in [-0.05, 0) is 6.08 Å². The molecule has 9 nitrogen and oxygen atoms in total. The molecule has 1 aromatic heterocycles. The minimum Gasteiger partial charge on any atom is -0.421 e. The third-order valence-corrected chi connectivity index (χ3v) is 4.96. The van der Waals surface area contributed by atoms with Crippen molar-refractivity contribution in [3.63, 3.8) is 0 Å². The summed E-state index contributed by atoms with van der Waals surface area (Å²) in [5.41, 5.74) is -11.5. The van der Waals surface area contributed by atoms with Gasteiger partial charge in [0, 0.05) is 0 Å². The molecule has 0 radical (unpaired) electrons. The zero-order valence-corrected chi connectivity index (χ0v) is 14.4. The van der Waals surface area contributed by atoms with Gasteiger partial charge in [0.2, 0.25) is 0 Å². The molecular weight excluding hydrogens is 422 g/mol. The van der Waals surface area contributed by atoms with E-state index in [2.05, 4.69) is 11.8 Å². The first kappa shape index (κ1) is 24.3. The van der Waals surface area contributed by atoms with Crippen molar-refractivity contribution in [2.24, 2.45) is 7.05 Å². The summed E-state index contributed by atoms with van der Waals surface area (Å²) in [4.78, 5) is 0. The molecule has 0 spiro atoms. The zero-order valence-electron chi connectivity index (χ0n) is 12.7. The van der Waals surface area contributed by atoms with Crippen LogP contribution in [0.3, 0.4) is 0 Å². The van der Waals surface area contributed by atoms with Crippen molar-refractivity contribution >= 4 is 26.1 Å². The number of alkyl halides is 6. The van der Waals surface area contributed by atoms with Gasteiger partial charge in [0.1, 0.15) is 13.6 Å². The van der Waals surface area contributed by atoms with E-state index in [1.165, 1.54) is 0 Å². The Hall–Kier alpha value is -1.72. The molecular formula is C9H12F6N4O5S2. The SMILES string of the molecule is C=Cc1c[n+](CCO)nn1C.O=S(=O)([N-]S(=O)(=O)C(F)(F)F)C(F)(F)F. The molecule has 17 heteroatoms. The zero-order chi connectivity index (χ0) is 21.0. The van der Waals surface area contributed by atoms with Gasteiger partial charge in [0.25, 0.3) is 0 Å². The first-order valence-electron chi connectivity index (χ1n) is 6.02. The minimum atomic E-state index is -6.72. The fourth-order valence-electron chi connectivity index (χ4n) is 1.10. The van der Waals surface area contributed by atoms with Crippen LogP contribution in [0, 0.1) is 0 Å². The van der Waals surface area contributed by atoms with Gasteiger partial charge in [-0.3, -0.25) is 0 Å². The Balaban J connectivity index is 0.000000502. The molecule has 0 amide bonds. The van der Waals surface area contributed by atoms with Gasteiger partial charge in [0.15, 0.2) is 31.9 Å². The van der Waals surface area contributed by atoms with Gasteiger partial charge in [-0.15, -0.1) is 9.36 Å². The van der Waals surface area contributed by atoms with E-state index >= 15 is 0 Å². The maximum absolute atomic E-state index is 11.4. The van der Waals surface area contributed by atoms with Crippen LogP contribution < -0.4 is 4.68 Å². The third-order valence-electron chi connectivity index (χ3n) is 2.22. The lowest BCUT2D eigenvalue weighted by Crippen LogP contribution is -2.37. The number of aryl methyl sites for hydroxylation is 1. The molecule has 152 valence electrons. The molecule has 0 atom stereocenters. The van der Waals surface area contributed by atoms with Gasteiger partial charge < -0.3 is 9.23 Å². The van der Waals surface area contributed by atoms with E-state index < -0.39 is 31.1 Å². The van der Waals surface area contributed by atoms with E-state index in [9.17, 15) is 43.2 Å². The van der Waals surface area contributed by atoms with E-state index in [1.54, 1.807) is 15.4 Å². The predicted octanol–water partition coefficient (Wildman–Crippen LogP) is 0.402. The second-order valence-electron chi connectivity index (χ2n) is 4.17. The fourth-order valence-corrected chi connectivity index (χ4v) is 2.81. The number of aromatic nitrogens is 3. The number of aliphatic hydroxyl groups excluding tert-OH is 1. The second-order valence-corrected chi connectivity index (χ2v) is 7.60. The number of aliphatic hydroxyl groups is 1. The molecule has 0 aliphatic rings. The van der Waals surface area contributed by atoms with Crippen LogP contribution in [-0.2, 0) is 33.6 Å². The van der Waals surface area contributed by atoms with Gasteiger partial charge >= 0.3 is 11.0 Å². The molecule has 1 rings (SSSR count). The van der Waals surface area contributed by atoms with Crippen molar-refractivity contribution in [1.29, 1.82) is 0 Å². The summed E-state index contributed by atoms with van der Waals surface area (Å²) >= 11 is 0. The van der Waals surface area contributed by atoms with Crippen LogP contribution in [0.2, 0.25) is 0 Å². The lowest BCUT2D eigenvalue weighted by Gasteiger charge is -2.22. The van der Waals surface area contributed by atoms with Crippen LogP contribution in [0.5, 0.6) is 0 Å². The standard InChI is InChI=1S/C7H12N3O.C2F6NO4S2/c1-3-7-6-10(4-5-11)8-9(7)2;3-1(4,5)14(10,11)9-15(12,13)2(6,7)8/h3,6,11H,1,4-5H2,2H3;/q+1;-1. The van der Waals surface area contributed by atoms with E-state index in [-0.39, 0.29) is 6.61 Å². The highest BCUT2D eigenvalue weighted by atomic mass is 32.3. The van der Waals surface area contributed by atoms with E-state index in [0.717, 1.165) is 9.82 Å². The van der Waals surface area contributed by atoms with Gasteiger partial charge in [-0.25, -0.2) is 16.8 Å². The number of hydrogen-bond acceptors (Lipinski definition) is 6. The summed E-state index contributed by atoms with van der Waals surface area (Å²) < 4.78 is 113. The number of sulfonamides is 2. The molecule has 26 heavy (non-hydrogen) atoms. The Bertz CT molecular complexity index is 786. The van der Waals surface area contributed by atoms with Crippen LogP contribution in [0.25, 0.3) is 10.2 Å². The van der Waals surface area contributed by atoms with Crippen LogP contribution in [0.4, 0.5) is 26.3 Å². The Labute approximate surface area is 143 Å². The number of nitrogens with zero attached hydrogens (tertiary/aromatic N) is 4. The normalized spacial score (nSPS) is 13.1. The molecule has 0 unspecified atom stereocenters.